The summed E-state index contributed by atoms with van der Waals surface area (Å²) in [6.07, 6.45) is 4.33. The van der Waals surface area contributed by atoms with Crippen LogP contribution < -0.4 is 14.4 Å². The number of aromatic nitrogens is 2. The first kappa shape index (κ1) is 16.5. The molecule has 0 amide bonds. The zero-order chi connectivity index (χ0) is 17.3. The molecule has 1 N–H and O–H groups in total. The van der Waals surface area contributed by atoms with Crippen LogP contribution in [0, 0.1) is 0 Å². The summed E-state index contributed by atoms with van der Waals surface area (Å²) in [5.74, 6) is 0.616. The molecule has 24 heavy (non-hydrogen) atoms. The number of hydrogen-bond donors (Lipinski definition) is 1. The number of aryl methyl sites for hydroxylation is 2. The van der Waals surface area contributed by atoms with Crippen LogP contribution in [0.3, 0.4) is 0 Å². The lowest BCUT2D eigenvalue weighted by Crippen LogP contribution is -2.19. The Bertz CT molecular complexity index is 866. The van der Waals surface area contributed by atoms with Crippen LogP contribution in [0.1, 0.15) is 17.5 Å². The summed E-state index contributed by atoms with van der Waals surface area (Å²) in [4.78, 5) is 10.1. The minimum atomic E-state index is -3.76. The Hall–Kier alpha value is -2.35. The van der Waals surface area contributed by atoms with Crippen molar-refractivity contribution in [1.82, 2.24) is 9.97 Å². The molecule has 0 bridgehead atoms. The SMILES string of the molecule is COc1ncnc(N(C)C)c1NS(=O)(=O)c1ccc2c(c1)CCC2. The van der Waals surface area contributed by atoms with Crippen molar-refractivity contribution in [3.63, 3.8) is 0 Å². The van der Waals surface area contributed by atoms with Crippen molar-refractivity contribution in [2.24, 2.45) is 0 Å². The summed E-state index contributed by atoms with van der Waals surface area (Å²) < 4.78 is 33.4. The Kier molecular flexibility index (Phi) is 4.31. The molecule has 128 valence electrons. The van der Waals surface area contributed by atoms with Crippen LogP contribution in [0.25, 0.3) is 0 Å². The molecular weight excluding hydrogens is 328 g/mol. The molecule has 8 heteroatoms. The van der Waals surface area contributed by atoms with Gasteiger partial charge in [-0.25, -0.2) is 13.4 Å². The van der Waals surface area contributed by atoms with Gasteiger partial charge in [0.15, 0.2) is 11.5 Å². The highest BCUT2D eigenvalue weighted by Crippen LogP contribution is 2.33. The lowest BCUT2D eigenvalue weighted by atomic mass is 10.1. The van der Waals surface area contributed by atoms with Crippen LogP contribution in [0.4, 0.5) is 11.5 Å². The van der Waals surface area contributed by atoms with Gasteiger partial charge in [-0.1, -0.05) is 6.07 Å². The monoisotopic (exact) mass is 348 g/mol. The second kappa shape index (κ2) is 6.27. The molecule has 0 atom stereocenters. The van der Waals surface area contributed by atoms with Crippen molar-refractivity contribution in [1.29, 1.82) is 0 Å². The fourth-order valence-corrected chi connectivity index (χ4v) is 3.96. The first-order valence-corrected chi connectivity index (χ1v) is 9.11. The van der Waals surface area contributed by atoms with Crippen LogP contribution in [-0.4, -0.2) is 39.6 Å². The van der Waals surface area contributed by atoms with Crippen LogP contribution >= 0.6 is 0 Å². The largest absolute Gasteiger partial charge is 0.479 e. The summed E-state index contributed by atoms with van der Waals surface area (Å²) in [5.41, 5.74) is 2.55. The number of anilines is 2. The third-order valence-corrected chi connectivity index (χ3v) is 5.37. The molecule has 0 saturated carbocycles. The fraction of sp³-hybridized carbons (Fsp3) is 0.375. The number of hydrogen-bond acceptors (Lipinski definition) is 6. The van der Waals surface area contributed by atoms with Crippen molar-refractivity contribution in [2.45, 2.75) is 24.2 Å². The van der Waals surface area contributed by atoms with E-state index in [1.54, 1.807) is 31.1 Å². The molecule has 1 aliphatic rings. The lowest BCUT2D eigenvalue weighted by molar-refractivity contribution is 0.399. The molecule has 0 unspecified atom stereocenters. The van der Waals surface area contributed by atoms with E-state index < -0.39 is 10.0 Å². The number of sulfonamides is 1. The number of fused-ring (bicyclic) bond motifs is 1. The maximum absolute atomic E-state index is 12.8. The fourth-order valence-electron chi connectivity index (χ4n) is 2.85. The van der Waals surface area contributed by atoms with E-state index in [1.807, 2.05) is 6.07 Å². The first-order chi connectivity index (χ1) is 11.4. The van der Waals surface area contributed by atoms with Crippen LogP contribution in [0.5, 0.6) is 5.88 Å². The van der Waals surface area contributed by atoms with E-state index in [0.717, 1.165) is 24.8 Å². The smallest absolute Gasteiger partial charge is 0.262 e. The highest BCUT2D eigenvalue weighted by molar-refractivity contribution is 7.92. The molecule has 2 aromatic rings. The number of rotatable bonds is 5. The Labute approximate surface area is 141 Å². The molecule has 0 radical (unpaired) electrons. The van der Waals surface area contributed by atoms with Crippen LogP contribution in [0.15, 0.2) is 29.4 Å². The van der Waals surface area contributed by atoms with Crippen molar-refractivity contribution < 1.29 is 13.2 Å². The zero-order valence-corrected chi connectivity index (χ0v) is 14.7. The Morgan fingerprint density at radius 3 is 2.62 bits per heavy atom. The maximum atomic E-state index is 12.8. The summed E-state index contributed by atoms with van der Waals surface area (Å²) in [6, 6.07) is 5.27. The van der Waals surface area contributed by atoms with E-state index in [0.29, 0.717) is 5.82 Å². The van der Waals surface area contributed by atoms with Crippen molar-refractivity contribution in [3.05, 3.63) is 35.7 Å². The summed E-state index contributed by atoms with van der Waals surface area (Å²) in [6.45, 7) is 0. The van der Waals surface area contributed by atoms with E-state index in [1.165, 1.54) is 19.0 Å². The Balaban J connectivity index is 2.01. The van der Waals surface area contributed by atoms with E-state index in [9.17, 15) is 8.42 Å². The predicted molar refractivity (Wildman–Crippen MR) is 92.2 cm³/mol. The van der Waals surface area contributed by atoms with Gasteiger partial charge in [-0.05, 0) is 42.5 Å². The second-order valence-electron chi connectivity index (χ2n) is 5.87. The first-order valence-electron chi connectivity index (χ1n) is 7.63. The minimum absolute atomic E-state index is 0.179. The molecule has 1 aromatic carbocycles. The van der Waals surface area contributed by atoms with Gasteiger partial charge >= 0.3 is 0 Å². The van der Waals surface area contributed by atoms with Gasteiger partial charge in [-0.3, -0.25) is 4.72 Å². The van der Waals surface area contributed by atoms with Crippen molar-refractivity contribution in [3.8, 4) is 5.88 Å². The van der Waals surface area contributed by atoms with Gasteiger partial charge in [-0.15, -0.1) is 0 Å². The van der Waals surface area contributed by atoms with Gasteiger partial charge in [0.1, 0.15) is 6.33 Å². The third-order valence-electron chi connectivity index (χ3n) is 4.03. The number of nitrogens with one attached hydrogen (secondary N) is 1. The molecule has 1 heterocycles. The van der Waals surface area contributed by atoms with Crippen LogP contribution in [0.2, 0.25) is 0 Å². The van der Waals surface area contributed by atoms with Crippen molar-refractivity contribution in [2.75, 3.05) is 30.8 Å². The highest BCUT2D eigenvalue weighted by Gasteiger charge is 2.23. The molecule has 1 aromatic heterocycles. The average molecular weight is 348 g/mol. The number of nitrogens with zero attached hydrogens (tertiary/aromatic N) is 3. The zero-order valence-electron chi connectivity index (χ0n) is 13.9. The number of ether oxygens (including phenoxy) is 1. The van der Waals surface area contributed by atoms with E-state index in [-0.39, 0.29) is 16.5 Å². The topological polar surface area (TPSA) is 84.4 Å². The quantitative estimate of drug-likeness (QED) is 0.887. The predicted octanol–water partition coefficient (Wildman–Crippen LogP) is 1.84. The van der Waals surface area contributed by atoms with Gasteiger partial charge < -0.3 is 9.64 Å². The van der Waals surface area contributed by atoms with Gasteiger partial charge in [0.05, 0.1) is 12.0 Å². The Morgan fingerprint density at radius 2 is 1.92 bits per heavy atom. The minimum Gasteiger partial charge on any atom is -0.479 e. The van der Waals surface area contributed by atoms with E-state index >= 15 is 0 Å². The van der Waals surface area contributed by atoms with Crippen molar-refractivity contribution >= 4 is 21.5 Å². The molecular formula is C16H20N4O3S. The standard InChI is InChI=1S/C16H20N4O3S/c1-20(2)15-14(16(23-3)18-10-17-15)19-24(21,22)13-8-7-11-5-4-6-12(11)9-13/h7-10,19H,4-6H2,1-3H3. The van der Waals surface area contributed by atoms with E-state index in [4.69, 9.17) is 4.74 Å². The number of benzene rings is 1. The molecule has 0 aliphatic heterocycles. The molecule has 0 fully saturated rings. The molecule has 7 nitrogen and oxygen atoms in total. The van der Waals surface area contributed by atoms with Gasteiger partial charge in [-0.2, -0.15) is 4.98 Å². The summed E-state index contributed by atoms with van der Waals surface area (Å²) in [7, 11) is 1.22. The second-order valence-corrected chi connectivity index (χ2v) is 7.55. The molecule has 0 spiro atoms. The molecule has 0 saturated heterocycles. The lowest BCUT2D eigenvalue weighted by Gasteiger charge is -2.18. The summed E-state index contributed by atoms with van der Waals surface area (Å²) in [5, 5.41) is 0. The van der Waals surface area contributed by atoms with Crippen LogP contribution in [-0.2, 0) is 22.9 Å². The molecule has 1 aliphatic carbocycles. The third kappa shape index (κ3) is 3.01. The highest BCUT2D eigenvalue weighted by atomic mass is 32.2. The summed E-state index contributed by atoms with van der Waals surface area (Å²) >= 11 is 0. The average Bonchev–Trinajstić information content (AvgIpc) is 3.02. The maximum Gasteiger partial charge on any atom is 0.262 e. The number of methoxy groups -OCH3 is 1. The van der Waals surface area contributed by atoms with Gasteiger partial charge in [0, 0.05) is 14.1 Å². The Morgan fingerprint density at radius 1 is 1.17 bits per heavy atom. The molecule has 3 rings (SSSR count). The van der Waals surface area contributed by atoms with Gasteiger partial charge in [0.2, 0.25) is 5.88 Å². The normalized spacial score (nSPS) is 13.5. The van der Waals surface area contributed by atoms with E-state index in [2.05, 4.69) is 14.7 Å². The van der Waals surface area contributed by atoms with Gasteiger partial charge in [0.25, 0.3) is 10.0 Å².